The number of nitrogens with one attached hydrogen (secondary N) is 1. The second kappa shape index (κ2) is 8.12. The molecule has 0 aromatic carbocycles. The van der Waals surface area contributed by atoms with Crippen LogP contribution in [0.15, 0.2) is 0 Å². The van der Waals surface area contributed by atoms with Gasteiger partial charge in [0, 0.05) is 6.61 Å². The first-order valence-electron chi connectivity index (χ1n) is 6.61. The van der Waals surface area contributed by atoms with E-state index in [-0.39, 0.29) is 0 Å². The van der Waals surface area contributed by atoms with Crippen LogP contribution in [-0.4, -0.2) is 25.8 Å². The third-order valence-corrected chi connectivity index (χ3v) is 2.96. The van der Waals surface area contributed by atoms with E-state index < -0.39 is 0 Å². The van der Waals surface area contributed by atoms with E-state index in [1.807, 2.05) is 0 Å². The van der Waals surface area contributed by atoms with Crippen molar-refractivity contribution in [3.8, 4) is 0 Å². The van der Waals surface area contributed by atoms with E-state index in [1.165, 1.54) is 38.5 Å². The summed E-state index contributed by atoms with van der Waals surface area (Å²) in [4.78, 5) is 0. The van der Waals surface area contributed by atoms with E-state index in [9.17, 15) is 0 Å². The fourth-order valence-electron chi connectivity index (χ4n) is 2.05. The molecule has 15 heavy (non-hydrogen) atoms. The Bertz CT molecular complexity index is 141. The summed E-state index contributed by atoms with van der Waals surface area (Å²) < 4.78 is 5.80. The summed E-state index contributed by atoms with van der Waals surface area (Å²) in [5.74, 6) is 0.764. The van der Waals surface area contributed by atoms with Crippen molar-refractivity contribution in [2.24, 2.45) is 5.92 Å². The Morgan fingerprint density at radius 3 is 2.60 bits per heavy atom. The summed E-state index contributed by atoms with van der Waals surface area (Å²) in [5, 5.41) is 3.46. The smallest absolute Gasteiger partial charge is 0.0575 e. The van der Waals surface area contributed by atoms with Gasteiger partial charge in [-0.1, -0.05) is 26.7 Å². The molecule has 2 nitrogen and oxygen atoms in total. The van der Waals surface area contributed by atoms with Crippen LogP contribution in [-0.2, 0) is 4.74 Å². The molecular formula is C13H27NO. The zero-order valence-electron chi connectivity index (χ0n) is 10.4. The minimum atomic E-state index is 0.591. The maximum Gasteiger partial charge on any atom is 0.0575 e. The van der Waals surface area contributed by atoms with Crippen molar-refractivity contribution in [3.05, 3.63) is 0 Å². The summed E-state index contributed by atoms with van der Waals surface area (Å²) >= 11 is 0. The van der Waals surface area contributed by atoms with Gasteiger partial charge in [-0.05, 0) is 44.7 Å². The molecule has 1 fully saturated rings. The topological polar surface area (TPSA) is 21.3 Å². The average molecular weight is 213 g/mol. The van der Waals surface area contributed by atoms with Gasteiger partial charge in [0.05, 0.1) is 6.10 Å². The third-order valence-electron chi connectivity index (χ3n) is 2.96. The van der Waals surface area contributed by atoms with Crippen LogP contribution in [0.3, 0.4) is 0 Å². The Labute approximate surface area is 94.8 Å². The van der Waals surface area contributed by atoms with Gasteiger partial charge in [-0.3, -0.25) is 0 Å². The van der Waals surface area contributed by atoms with E-state index in [0.29, 0.717) is 6.10 Å². The molecule has 0 bridgehead atoms. The van der Waals surface area contributed by atoms with E-state index in [2.05, 4.69) is 19.2 Å². The molecule has 0 atom stereocenters. The third kappa shape index (κ3) is 6.91. The Kier molecular flexibility index (Phi) is 7.03. The SMILES string of the molecule is CC(C)CNCCCCOC1CCCC1. The largest absolute Gasteiger partial charge is 0.378 e. The second-order valence-electron chi connectivity index (χ2n) is 5.08. The summed E-state index contributed by atoms with van der Waals surface area (Å²) in [6.45, 7) is 7.75. The molecule has 0 saturated heterocycles. The first-order valence-corrected chi connectivity index (χ1v) is 6.61. The minimum absolute atomic E-state index is 0.591. The summed E-state index contributed by atoms with van der Waals surface area (Å²) in [5.41, 5.74) is 0. The molecule has 0 spiro atoms. The molecule has 0 radical (unpaired) electrons. The molecule has 1 N–H and O–H groups in total. The molecule has 1 aliphatic carbocycles. The highest BCUT2D eigenvalue weighted by Gasteiger charge is 2.14. The number of rotatable bonds is 8. The van der Waals surface area contributed by atoms with E-state index in [4.69, 9.17) is 4.74 Å². The quantitative estimate of drug-likeness (QED) is 0.626. The van der Waals surface area contributed by atoms with Crippen molar-refractivity contribution < 1.29 is 4.74 Å². The molecule has 0 aromatic heterocycles. The van der Waals surface area contributed by atoms with Gasteiger partial charge in [0.2, 0.25) is 0 Å². The number of hydrogen-bond donors (Lipinski definition) is 1. The first-order chi connectivity index (χ1) is 7.29. The monoisotopic (exact) mass is 213 g/mol. The van der Waals surface area contributed by atoms with Crippen molar-refractivity contribution in [1.29, 1.82) is 0 Å². The zero-order chi connectivity index (χ0) is 10.9. The molecule has 90 valence electrons. The van der Waals surface area contributed by atoms with Crippen LogP contribution in [0.4, 0.5) is 0 Å². The fourth-order valence-corrected chi connectivity index (χ4v) is 2.05. The molecule has 0 unspecified atom stereocenters. The Hall–Kier alpha value is -0.0800. The second-order valence-corrected chi connectivity index (χ2v) is 5.08. The van der Waals surface area contributed by atoms with Gasteiger partial charge in [0.25, 0.3) is 0 Å². The Morgan fingerprint density at radius 2 is 1.93 bits per heavy atom. The normalized spacial score (nSPS) is 17.8. The minimum Gasteiger partial charge on any atom is -0.378 e. The van der Waals surface area contributed by atoms with Crippen LogP contribution in [0.25, 0.3) is 0 Å². The average Bonchev–Trinajstić information content (AvgIpc) is 2.68. The van der Waals surface area contributed by atoms with Gasteiger partial charge in [0.15, 0.2) is 0 Å². The molecule has 0 aliphatic heterocycles. The van der Waals surface area contributed by atoms with Crippen LogP contribution in [0.2, 0.25) is 0 Å². The van der Waals surface area contributed by atoms with E-state index in [1.54, 1.807) is 0 Å². The predicted molar refractivity (Wildman–Crippen MR) is 65.1 cm³/mol. The lowest BCUT2D eigenvalue weighted by Gasteiger charge is -2.11. The fraction of sp³-hybridized carbons (Fsp3) is 1.00. The van der Waals surface area contributed by atoms with Crippen LogP contribution < -0.4 is 5.32 Å². The molecule has 0 aromatic rings. The van der Waals surface area contributed by atoms with Crippen molar-refractivity contribution in [2.45, 2.75) is 58.5 Å². The summed E-state index contributed by atoms with van der Waals surface area (Å²) in [6.07, 6.45) is 8.40. The number of hydrogen-bond acceptors (Lipinski definition) is 2. The highest BCUT2D eigenvalue weighted by Crippen LogP contribution is 2.20. The van der Waals surface area contributed by atoms with Crippen molar-refractivity contribution in [3.63, 3.8) is 0 Å². The van der Waals surface area contributed by atoms with Gasteiger partial charge in [0.1, 0.15) is 0 Å². The van der Waals surface area contributed by atoms with Crippen LogP contribution >= 0.6 is 0 Å². The highest BCUT2D eigenvalue weighted by atomic mass is 16.5. The van der Waals surface area contributed by atoms with Gasteiger partial charge >= 0.3 is 0 Å². The van der Waals surface area contributed by atoms with Gasteiger partial charge in [-0.25, -0.2) is 0 Å². The lowest BCUT2D eigenvalue weighted by molar-refractivity contribution is 0.0559. The van der Waals surface area contributed by atoms with Crippen molar-refractivity contribution >= 4 is 0 Å². The standard InChI is InChI=1S/C13H27NO/c1-12(2)11-14-9-5-6-10-15-13-7-3-4-8-13/h12-14H,3-11H2,1-2H3. The lowest BCUT2D eigenvalue weighted by Crippen LogP contribution is -2.21. The van der Waals surface area contributed by atoms with Gasteiger partial charge < -0.3 is 10.1 Å². The molecule has 1 rings (SSSR count). The van der Waals surface area contributed by atoms with Crippen molar-refractivity contribution in [1.82, 2.24) is 5.32 Å². The maximum absolute atomic E-state index is 5.80. The number of unbranched alkanes of at least 4 members (excludes halogenated alkanes) is 1. The van der Waals surface area contributed by atoms with E-state index in [0.717, 1.165) is 25.6 Å². The van der Waals surface area contributed by atoms with Crippen LogP contribution in [0.5, 0.6) is 0 Å². The molecule has 1 saturated carbocycles. The maximum atomic E-state index is 5.80. The van der Waals surface area contributed by atoms with Crippen LogP contribution in [0, 0.1) is 5.92 Å². The lowest BCUT2D eigenvalue weighted by atomic mass is 10.2. The molecule has 0 amide bonds. The Balaban J connectivity index is 1.76. The molecule has 2 heteroatoms. The van der Waals surface area contributed by atoms with Gasteiger partial charge in [-0.2, -0.15) is 0 Å². The van der Waals surface area contributed by atoms with E-state index >= 15 is 0 Å². The molecule has 1 aliphatic rings. The Morgan fingerprint density at radius 1 is 1.20 bits per heavy atom. The van der Waals surface area contributed by atoms with Crippen LogP contribution in [0.1, 0.15) is 52.4 Å². The highest BCUT2D eigenvalue weighted by molar-refractivity contribution is 4.66. The predicted octanol–water partition coefficient (Wildman–Crippen LogP) is 2.97. The summed E-state index contributed by atoms with van der Waals surface area (Å²) in [7, 11) is 0. The molecular weight excluding hydrogens is 186 g/mol. The van der Waals surface area contributed by atoms with Crippen molar-refractivity contribution in [2.75, 3.05) is 19.7 Å². The summed E-state index contributed by atoms with van der Waals surface area (Å²) in [6, 6.07) is 0. The number of ether oxygens (including phenoxy) is 1. The molecule has 0 heterocycles. The zero-order valence-corrected chi connectivity index (χ0v) is 10.4. The van der Waals surface area contributed by atoms with Gasteiger partial charge in [-0.15, -0.1) is 0 Å². The first kappa shape index (κ1) is 13.0.